The fourth-order valence-electron chi connectivity index (χ4n) is 3.60. The molecule has 0 aromatic rings. The van der Waals surface area contributed by atoms with Crippen molar-refractivity contribution >= 4 is 29.9 Å². The molecule has 0 amide bonds. The SMILES string of the molecule is CCNC(=NCC(C)(C)N1CCOCC1)NCC1CCN(CC(F)(F)F)C1.I. The zero-order valence-corrected chi connectivity index (χ0v) is 19.5. The van der Waals surface area contributed by atoms with E-state index in [2.05, 4.69) is 29.4 Å². The fraction of sp³-hybridized carbons (Fsp3) is 0.944. The molecule has 0 aromatic carbocycles. The molecular weight excluding hydrogens is 486 g/mol. The van der Waals surface area contributed by atoms with Crippen LogP contribution >= 0.6 is 24.0 Å². The van der Waals surface area contributed by atoms with Crippen LogP contribution in [0.25, 0.3) is 0 Å². The molecule has 2 N–H and O–H groups in total. The normalized spacial score (nSPS) is 22.8. The Balaban J connectivity index is 0.00000392. The number of morpholine rings is 1. The molecule has 2 heterocycles. The van der Waals surface area contributed by atoms with Gasteiger partial charge in [0.1, 0.15) is 0 Å². The summed E-state index contributed by atoms with van der Waals surface area (Å²) in [6.45, 7) is 11.9. The lowest BCUT2D eigenvalue weighted by molar-refractivity contribution is -0.143. The lowest BCUT2D eigenvalue weighted by Crippen LogP contribution is -2.52. The molecule has 10 heteroatoms. The number of likely N-dealkylation sites (tertiary alicyclic amines) is 1. The third-order valence-electron chi connectivity index (χ3n) is 5.17. The monoisotopic (exact) mass is 521 g/mol. The van der Waals surface area contributed by atoms with Crippen LogP contribution in [0.3, 0.4) is 0 Å². The first-order valence-electron chi connectivity index (χ1n) is 9.83. The highest BCUT2D eigenvalue weighted by molar-refractivity contribution is 14.0. The summed E-state index contributed by atoms with van der Waals surface area (Å²) in [5, 5.41) is 6.54. The van der Waals surface area contributed by atoms with E-state index in [0.29, 0.717) is 26.2 Å². The van der Waals surface area contributed by atoms with E-state index < -0.39 is 12.7 Å². The molecule has 2 aliphatic rings. The molecule has 2 saturated heterocycles. The van der Waals surface area contributed by atoms with Crippen LogP contribution in [-0.2, 0) is 4.74 Å². The number of aliphatic imine (C=N–C) groups is 1. The molecule has 0 aromatic heterocycles. The van der Waals surface area contributed by atoms with Crippen molar-refractivity contribution in [3.05, 3.63) is 0 Å². The van der Waals surface area contributed by atoms with E-state index in [9.17, 15) is 13.2 Å². The summed E-state index contributed by atoms with van der Waals surface area (Å²) < 4.78 is 43.0. The molecule has 2 rings (SSSR count). The van der Waals surface area contributed by atoms with Gasteiger partial charge in [0.15, 0.2) is 5.96 Å². The van der Waals surface area contributed by atoms with E-state index in [1.54, 1.807) is 0 Å². The van der Waals surface area contributed by atoms with E-state index in [4.69, 9.17) is 9.73 Å². The van der Waals surface area contributed by atoms with E-state index in [1.165, 1.54) is 4.90 Å². The van der Waals surface area contributed by atoms with E-state index in [0.717, 1.165) is 45.2 Å². The van der Waals surface area contributed by atoms with Gasteiger partial charge < -0.3 is 15.4 Å². The topological polar surface area (TPSA) is 52.1 Å². The third-order valence-corrected chi connectivity index (χ3v) is 5.17. The maximum Gasteiger partial charge on any atom is 0.401 e. The quantitative estimate of drug-likeness (QED) is 0.306. The number of hydrogen-bond acceptors (Lipinski definition) is 4. The molecule has 166 valence electrons. The minimum Gasteiger partial charge on any atom is -0.379 e. The number of guanidine groups is 1. The van der Waals surface area contributed by atoms with Crippen molar-refractivity contribution in [2.75, 3.05) is 65.6 Å². The Kier molecular flexibility index (Phi) is 10.8. The standard InChI is InChI=1S/C18H34F3N5O.HI/c1-4-22-16(24-13-17(2,3)26-7-9-27-10-8-26)23-11-15-5-6-25(12-15)14-18(19,20)21;/h15H,4-14H2,1-3H3,(H2,22,23,24);1H. The number of rotatable bonds is 7. The molecule has 0 spiro atoms. The minimum atomic E-state index is -4.12. The number of halogens is 4. The lowest BCUT2D eigenvalue weighted by Gasteiger charge is -2.39. The van der Waals surface area contributed by atoms with Gasteiger partial charge in [-0.15, -0.1) is 24.0 Å². The highest BCUT2D eigenvalue weighted by Crippen LogP contribution is 2.22. The average molecular weight is 521 g/mol. The zero-order chi connectivity index (χ0) is 19.9. The van der Waals surface area contributed by atoms with Gasteiger partial charge in [-0.05, 0) is 39.7 Å². The Hall–Kier alpha value is -0.330. The molecule has 28 heavy (non-hydrogen) atoms. The summed E-state index contributed by atoms with van der Waals surface area (Å²) in [4.78, 5) is 8.59. The molecular formula is C18H35F3IN5O. The zero-order valence-electron chi connectivity index (χ0n) is 17.1. The molecule has 0 radical (unpaired) electrons. The molecule has 2 fully saturated rings. The lowest BCUT2D eigenvalue weighted by atomic mass is 10.0. The summed E-state index contributed by atoms with van der Waals surface area (Å²) in [5.74, 6) is 0.941. The van der Waals surface area contributed by atoms with Crippen molar-refractivity contribution in [3.8, 4) is 0 Å². The predicted molar refractivity (Wildman–Crippen MR) is 116 cm³/mol. The first kappa shape index (κ1) is 25.7. The summed E-state index contributed by atoms with van der Waals surface area (Å²) in [5.41, 5.74) is -0.0665. The first-order valence-corrected chi connectivity index (χ1v) is 9.83. The second-order valence-corrected chi connectivity index (χ2v) is 7.99. The highest BCUT2D eigenvalue weighted by atomic mass is 127. The molecule has 0 aliphatic carbocycles. The maximum atomic E-state index is 12.5. The van der Waals surface area contributed by atoms with E-state index in [-0.39, 0.29) is 35.4 Å². The Morgan fingerprint density at radius 3 is 2.43 bits per heavy atom. The van der Waals surface area contributed by atoms with Crippen molar-refractivity contribution in [3.63, 3.8) is 0 Å². The number of nitrogens with one attached hydrogen (secondary N) is 2. The largest absolute Gasteiger partial charge is 0.401 e. The van der Waals surface area contributed by atoms with Gasteiger partial charge in [0.25, 0.3) is 0 Å². The van der Waals surface area contributed by atoms with Gasteiger partial charge in [-0.25, -0.2) is 0 Å². The van der Waals surface area contributed by atoms with Gasteiger partial charge in [-0.2, -0.15) is 13.2 Å². The van der Waals surface area contributed by atoms with Gasteiger partial charge in [0.05, 0.1) is 26.3 Å². The van der Waals surface area contributed by atoms with E-state index >= 15 is 0 Å². The number of alkyl halides is 3. The van der Waals surface area contributed by atoms with Gasteiger partial charge >= 0.3 is 6.18 Å². The van der Waals surface area contributed by atoms with Gasteiger partial charge in [0.2, 0.25) is 0 Å². The average Bonchev–Trinajstić information content (AvgIpc) is 3.03. The van der Waals surface area contributed by atoms with Crippen LogP contribution in [0.2, 0.25) is 0 Å². The molecule has 1 atom stereocenters. The van der Waals surface area contributed by atoms with Crippen molar-refractivity contribution < 1.29 is 17.9 Å². The Morgan fingerprint density at radius 2 is 1.82 bits per heavy atom. The van der Waals surface area contributed by atoms with Crippen molar-refractivity contribution in [1.82, 2.24) is 20.4 Å². The minimum absolute atomic E-state index is 0. The smallest absolute Gasteiger partial charge is 0.379 e. The van der Waals surface area contributed by atoms with Crippen molar-refractivity contribution in [2.45, 2.75) is 38.9 Å². The van der Waals surface area contributed by atoms with Crippen LogP contribution in [0, 0.1) is 5.92 Å². The Morgan fingerprint density at radius 1 is 1.14 bits per heavy atom. The summed E-state index contributed by atoms with van der Waals surface area (Å²) in [7, 11) is 0. The summed E-state index contributed by atoms with van der Waals surface area (Å²) in [6, 6.07) is 0. The number of ether oxygens (including phenoxy) is 1. The summed E-state index contributed by atoms with van der Waals surface area (Å²) in [6.07, 6.45) is -3.34. The van der Waals surface area contributed by atoms with Crippen molar-refractivity contribution in [2.24, 2.45) is 10.9 Å². The Bertz CT molecular complexity index is 484. The first-order chi connectivity index (χ1) is 12.7. The van der Waals surface area contributed by atoms with Crippen LogP contribution in [0.5, 0.6) is 0 Å². The van der Waals surface area contributed by atoms with Crippen LogP contribution in [0.15, 0.2) is 4.99 Å². The summed E-state index contributed by atoms with van der Waals surface area (Å²) >= 11 is 0. The van der Waals surface area contributed by atoms with Gasteiger partial charge in [-0.1, -0.05) is 0 Å². The second kappa shape index (κ2) is 11.8. The molecule has 0 bridgehead atoms. The highest BCUT2D eigenvalue weighted by Gasteiger charge is 2.34. The number of nitrogens with zero attached hydrogens (tertiary/aromatic N) is 3. The number of hydrogen-bond donors (Lipinski definition) is 2. The molecule has 0 saturated carbocycles. The van der Waals surface area contributed by atoms with Crippen LogP contribution < -0.4 is 10.6 Å². The predicted octanol–water partition coefficient (Wildman–Crippen LogP) is 2.15. The third kappa shape index (κ3) is 9.00. The second-order valence-electron chi connectivity index (χ2n) is 7.99. The van der Waals surface area contributed by atoms with Crippen LogP contribution in [0.1, 0.15) is 27.2 Å². The van der Waals surface area contributed by atoms with Gasteiger partial charge in [0, 0.05) is 38.3 Å². The molecule has 6 nitrogen and oxygen atoms in total. The molecule has 1 unspecified atom stereocenters. The van der Waals surface area contributed by atoms with Crippen molar-refractivity contribution in [1.29, 1.82) is 0 Å². The molecule has 2 aliphatic heterocycles. The van der Waals surface area contributed by atoms with E-state index in [1.807, 2.05) is 6.92 Å². The van der Waals surface area contributed by atoms with Crippen LogP contribution in [-0.4, -0.2) is 93.0 Å². The Labute approximate surface area is 183 Å². The maximum absolute atomic E-state index is 12.5. The van der Waals surface area contributed by atoms with Gasteiger partial charge in [-0.3, -0.25) is 14.8 Å². The van der Waals surface area contributed by atoms with Crippen LogP contribution in [0.4, 0.5) is 13.2 Å². The fourth-order valence-corrected chi connectivity index (χ4v) is 3.60.